The number of aryl methyl sites for hydroxylation is 5. The van der Waals surface area contributed by atoms with Crippen LogP contribution < -0.4 is 79.2 Å². The second-order valence-corrected chi connectivity index (χ2v) is 53.8. The number of hydrogen-bond donors (Lipinski definition) is 16. The molecule has 0 amide bonds. The van der Waals surface area contributed by atoms with Gasteiger partial charge in [-0.2, -0.15) is 19.9 Å². The van der Waals surface area contributed by atoms with Crippen LogP contribution in [0.15, 0.2) is 91.6 Å². The van der Waals surface area contributed by atoms with Crippen LogP contribution in [0.4, 0.5) is 23.5 Å². The van der Waals surface area contributed by atoms with Crippen LogP contribution >= 0.6 is 47.0 Å². The summed E-state index contributed by atoms with van der Waals surface area (Å²) in [6, 6.07) is 0. The average Bonchev–Trinajstić information content (AvgIpc) is 1.62. The lowest BCUT2D eigenvalue weighted by molar-refractivity contribution is -0.0579. The molecule has 14 unspecified atom stereocenters. The highest BCUT2D eigenvalue weighted by atomic mass is 32.5. The third-order valence-electron chi connectivity index (χ3n) is 24.0. The first-order chi connectivity index (χ1) is 68.5. The van der Waals surface area contributed by atoms with E-state index in [1.165, 1.54) is 72.6 Å². The molecule has 16 heterocycles. The van der Waals surface area contributed by atoms with Crippen molar-refractivity contribution in [2.75, 3.05) is 69.7 Å². The maximum absolute atomic E-state index is 13.6. The van der Waals surface area contributed by atoms with E-state index >= 15 is 0 Å². The van der Waals surface area contributed by atoms with Gasteiger partial charge in [0.2, 0.25) is 11.9 Å². The summed E-state index contributed by atoms with van der Waals surface area (Å²) in [7, 11) is 1.11. The van der Waals surface area contributed by atoms with Gasteiger partial charge in [0.05, 0.1) is 101 Å². The van der Waals surface area contributed by atoms with Gasteiger partial charge < -0.3 is 154 Å². The summed E-state index contributed by atoms with van der Waals surface area (Å²) in [6.07, 6.45) is -20.7. The summed E-state index contributed by atoms with van der Waals surface area (Å²) in [5.41, 5.74) is 16.1. The Hall–Kier alpha value is -6.87. The largest absolute Gasteiger partial charge is 0.383 e. The number of fused-ring (bicyclic) bond motifs is 2. The van der Waals surface area contributed by atoms with E-state index in [-0.39, 0.29) is 94.7 Å². The monoisotopic (exact) mass is 2320 g/mol. The molecule has 7 aliphatic heterocycles. The van der Waals surface area contributed by atoms with Crippen LogP contribution in [0.2, 0.25) is 0 Å². The minimum Gasteiger partial charge on any atom is -0.383 e. The molecule has 74 heteroatoms. The van der Waals surface area contributed by atoms with Gasteiger partial charge >= 0.3 is 75.5 Å². The van der Waals surface area contributed by atoms with Crippen LogP contribution in [-0.4, -0.2) is 253 Å². The highest BCUT2D eigenvalue weighted by Crippen LogP contribution is 2.59. The molecular formula is C72H97N22O38P7S7. The Balaban J connectivity index is 0.606. The van der Waals surface area contributed by atoms with Crippen molar-refractivity contribution in [2.24, 2.45) is 0 Å². The fourth-order valence-electron chi connectivity index (χ4n) is 16.8. The normalized spacial score (nSPS) is 29.4. The van der Waals surface area contributed by atoms with Gasteiger partial charge in [-0.1, -0.05) is 6.92 Å². The maximum Gasteiger partial charge on any atom is 0.351 e. The number of ether oxygens (including phenoxy) is 7. The molecule has 7 fully saturated rings. The summed E-state index contributed by atoms with van der Waals surface area (Å²) in [5, 5.41) is 0. The SMILES string of the molecule is CC[C@H]1O[C@@H](n2cc(C)c(N)nc2=O)CC1OP(O)(=S)OC[C@H]1O[C@@H](n2cc(C)c(=O)[nH]c2=O)CC1OP(O)(=S)OC[C@H]1O[C@@H](n2cc(C)c(N)nc2=O)CC1OP(O)(=S)OC[C@H]1O[C@@H](n2cc(C)c(=O)[nH]c2=O)CC1OP(O)(=S)OC[C@H]1O[C@@H](n2cc(C)c(=O)[nH]c2=O)CC1OP(O)(=S)OC[C@H]1O[C@@H](n2cnc3c(=O)[nH]c(N)nc32)CC1OP(O)(=S)OC[C@H]1O[C@@H](n2cnc3c(=O)[nH]c(N)nc32)CC1OP(O)(=S)OC. The number of nitrogens with one attached hydrogen (secondary N) is 5. The Bertz CT molecular complexity index is 7520. The number of hydrogen-bond acceptors (Lipinski definition) is 48. The van der Waals surface area contributed by atoms with E-state index in [1.54, 1.807) is 13.8 Å². The van der Waals surface area contributed by atoms with Crippen LogP contribution in [0.1, 0.15) is 130 Å². The van der Waals surface area contributed by atoms with Gasteiger partial charge in [0.15, 0.2) is 22.3 Å². The Kier molecular flexibility index (Phi) is 34.2. The highest BCUT2D eigenvalue weighted by molar-refractivity contribution is 8.09. The molecule has 0 bridgehead atoms. The van der Waals surface area contributed by atoms with Gasteiger partial charge in [0, 0.05) is 111 Å². The number of aromatic nitrogens is 18. The Morgan fingerprint density at radius 3 is 0.808 bits per heavy atom. The highest BCUT2D eigenvalue weighted by Gasteiger charge is 2.52. The molecule has 146 heavy (non-hydrogen) atoms. The predicted molar refractivity (Wildman–Crippen MR) is 531 cm³/mol. The van der Waals surface area contributed by atoms with E-state index < -0.39 is 285 Å². The van der Waals surface area contributed by atoms with Crippen LogP contribution in [0.5, 0.6) is 0 Å². The number of aromatic amines is 5. The number of nitrogens with zero attached hydrogens (tertiary/aromatic N) is 13. The van der Waals surface area contributed by atoms with Crippen LogP contribution in [0.3, 0.4) is 0 Å². The predicted octanol–water partition coefficient (Wildman–Crippen LogP) is -0.329. The van der Waals surface area contributed by atoms with E-state index in [9.17, 15) is 82.2 Å². The van der Waals surface area contributed by atoms with E-state index in [1.807, 2.05) is 0 Å². The first-order valence-corrected chi connectivity index (χ1v) is 61.9. The third kappa shape index (κ3) is 26.3. The second-order valence-electron chi connectivity index (χ2n) is 34.2. The van der Waals surface area contributed by atoms with Crippen LogP contribution in [-0.2, 0) is 179 Å². The number of imidazole rings is 2. The van der Waals surface area contributed by atoms with Crippen molar-refractivity contribution < 1.29 is 131 Å². The number of nitrogen functional groups attached to an aromatic ring is 4. The first-order valence-electron chi connectivity index (χ1n) is 43.8. The molecule has 0 spiro atoms. The fourth-order valence-corrected chi connectivity index (χ4v) is 26.7. The number of H-pyrrole nitrogens is 5. The third-order valence-corrected chi connectivity index (χ3v) is 35.3. The lowest BCUT2D eigenvalue weighted by atomic mass is 10.1. The van der Waals surface area contributed by atoms with Crippen molar-refractivity contribution >= 4 is 176 Å². The van der Waals surface area contributed by atoms with Gasteiger partial charge in [-0.05, 0) is 124 Å². The van der Waals surface area contributed by atoms with E-state index in [2.05, 4.69) is 54.8 Å². The summed E-state index contributed by atoms with van der Waals surface area (Å²) >= 11 is 38.8. The van der Waals surface area contributed by atoms with Gasteiger partial charge in [-0.15, -0.1) is 0 Å². The molecule has 0 saturated carbocycles. The van der Waals surface area contributed by atoms with E-state index in [0.717, 1.165) is 37.8 Å². The molecular weight excluding hydrogens is 2220 g/mol. The molecule has 60 nitrogen and oxygen atoms in total. The number of anilines is 4. The lowest BCUT2D eigenvalue weighted by Gasteiger charge is -2.29. The van der Waals surface area contributed by atoms with Crippen molar-refractivity contribution in [3.8, 4) is 0 Å². The molecule has 0 aliphatic carbocycles. The molecule has 0 radical (unpaired) electrons. The molecule has 7 saturated heterocycles. The molecule has 0 aromatic carbocycles. The molecule has 7 aliphatic rings. The molecule has 9 aromatic heterocycles. The Morgan fingerprint density at radius 1 is 0.329 bits per heavy atom. The van der Waals surface area contributed by atoms with Crippen LogP contribution in [0.25, 0.3) is 22.3 Å². The van der Waals surface area contributed by atoms with Crippen molar-refractivity contribution in [3.63, 3.8) is 0 Å². The molecule has 9 aromatic rings. The Labute approximate surface area is 854 Å². The molecule has 800 valence electrons. The second kappa shape index (κ2) is 44.7. The van der Waals surface area contributed by atoms with Gasteiger partial charge in [-0.3, -0.25) is 80.9 Å². The zero-order chi connectivity index (χ0) is 105. The molecule has 28 atom stereocenters. The first kappa shape index (κ1) is 112. The summed E-state index contributed by atoms with van der Waals surface area (Å²) < 4.78 is 135. The van der Waals surface area contributed by atoms with E-state index in [4.69, 9.17) is 202 Å². The number of nitrogens with two attached hydrogens (primary N) is 4. The minimum atomic E-state index is -4.81. The summed E-state index contributed by atoms with van der Waals surface area (Å²) in [4.78, 5) is 250. The lowest BCUT2D eigenvalue weighted by Crippen LogP contribution is -2.33. The average molecular weight is 2320 g/mol. The quantitative estimate of drug-likeness (QED) is 0.0218. The van der Waals surface area contributed by atoms with Crippen LogP contribution in [0, 0.1) is 34.6 Å². The standard InChI is InChI=1S/C72H97N22O38P7S7/c1-8-34-35(9-48(119-34)88-16-29(2)57(73)79-68(88)100)127-134(106,141)113-22-44-38(11-50(121-44)90-18-31(4)61(95)85-70(90)102)129-136(108,143)115-23-43-37(10-49(120-43)89-17-30(3)58(74)80-69(89)101)128-135(107,142)116-24-45-39(12-51(122-45)91-19-32(5)62(96)86-71(91)103)130-137(109,144)117-25-46-40(13-52(123-46)92-20-33(6)63(97)87-72(92)104)131-138(110,145)118-26-47-41(15-54(125-47)94-28-78-56-60(94)82-67(76)84-65(56)99)132-139(111,146)114-21-42-36(126-133(105,140)112-7)14-53(124-42)93-27-77-55-59(93)81-66(75)83-64(55)98/h16-20,27-28,34-54H,8-15,21-26H2,1-7H3,(H,105,140)(H,106,141)(H,107,142)(H,108,143)(H,109,144)(H,110,145)(H,111,146)(H2,73,79,100)(H2,74,80,101)(H,85,95,102)(H,86,96,103)(H,87,97,104)(H3,75,81,83,98)(H3,76,82,84,99)/t34-,35?,36?,37?,38?,39?,40?,41?,42-,43-,44-,45-,46-,47-,48-,49-,50-,51-,52-,53-,54-,133?,134?,135?,136?,137?,138?,139?/m1/s1. The molecule has 16 rings (SSSR count). The smallest absolute Gasteiger partial charge is 0.351 e. The summed E-state index contributed by atoms with van der Waals surface area (Å²) in [5.74, 6) is -0.690. The van der Waals surface area contributed by atoms with Gasteiger partial charge in [0.1, 0.15) is 91.9 Å². The van der Waals surface area contributed by atoms with Gasteiger partial charge in [-0.25, -0.2) is 33.9 Å². The van der Waals surface area contributed by atoms with Crippen molar-refractivity contribution in [1.29, 1.82) is 0 Å². The van der Waals surface area contributed by atoms with Gasteiger partial charge in [0.25, 0.3) is 27.8 Å². The Morgan fingerprint density at radius 2 is 0.555 bits per heavy atom. The van der Waals surface area contributed by atoms with E-state index in [0.29, 0.717) is 17.5 Å². The maximum atomic E-state index is 13.6. The van der Waals surface area contributed by atoms with Crippen molar-refractivity contribution in [3.05, 3.63) is 176 Å². The van der Waals surface area contributed by atoms with Crippen molar-refractivity contribution in [2.45, 2.75) is 222 Å². The molecule has 20 N–H and O–H groups in total. The topological polar surface area (TPSA) is 801 Å². The summed E-state index contributed by atoms with van der Waals surface area (Å²) in [6.45, 7) is -27.5. The zero-order valence-electron chi connectivity index (χ0n) is 77.0. The van der Waals surface area contributed by atoms with Crippen molar-refractivity contribution in [1.82, 2.24) is 86.8 Å². The minimum absolute atomic E-state index is 0.00190. The zero-order valence-corrected chi connectivity index (χ0v) is 88.9. The number of rotatable bonds is 41. The fraction of sp³-hybridized carbons (Fsp3) is 0.583.